The molecule has 1 aromatic heterocycles. The molecule has 0 aliphatic carbocycles. The zero-order chi connectivity index (χ0) is 20.7. The summed E-state index contributed by atoms with van der Waals surface area (Å²) >= 11 is 0. The summed E-state index contributed by atoms with van der Waals surface area (Å²) in [6.07, 6.45) is -3.67. The summed E-state index contributed by atoms with van der Waals surface area (Å²) in [6.45, 7) is 0.350. The van der Waals surface area contributed by atoms with Crippen LogP contribution in [-0.4, -0.2) is 17.1 Å². The summed E-state index contributed by atoms with van der Waals surface area (Å²) in [5.74, 6) is 0.745. The number of aromatic nitrogens is 1. The lowest BCUT2D eigenvalue weighted by Gasteiger charge is -2.14. The Morgan fingerprint density at radius 3 is 2.31 bits per heavy atom. The highest BCUT2D eigenvalue weighted by Gasteiger charge is 2.27. The Hall–Kier alpha value is -3.55. The minimum absolute atomic E-state index is 0.0863. The molecule has 0 fully saturated rings. The lowest BCUT2D eigenvalue weighted by atomic mass is 10.1. The lowest BCUT2D eigenvalue weighted by molar-refractivity contribution is -0.127. The van der Waals surface area contributed by atoms with Crippen molar-refractivity contribution in [2.45, 2.75) is 19.2 Å². The van der Waals surface area contributed by atoms with E-state index in [-0.39, 0.29) is 11.5 Å². The van der Waals surface area contributed by atoms with E-state index in [9.17, 15) is 13.2 Å². The van der Waals surface area contributed by atoms with Gasteiger partial charge in [0.1, 0.15) is 6.61 Å². The van der Waals surface area contributed by atoms with E-state index >= 15 is 0 Å². The molecule has 0 spiro atoms. The fourth-order valence-electron chi connectivity index (χ4n) is 2.57. The van der Waals surface area contributed by atoms with E-state index in [4.69, 9.17) is 10.1 Å². The minimum Gasteiger partial charge on any atom is -0.485 e. The lowest BCUT2D eigenvalue weighted by Crippen LogP contribution is -2.21. The third kappa shape index (κ3) is 6.53. The molecular weight excluding hydrogens is 381 g/mol. The zero-order valence-corrected chi connectivity index (χ0v) is 15.3. The quantitative estimate of drug-likeness (QED) is 0.392. The van der Waals surface area contributed by atoms with Gasteiger partial charge in [-0.05, 0) is 35.4 Å². The summed E-state index contributed by atoms with van der Waals surface area (Å²) in [7, 11) is 0. The number of halogens is 3. The third-order valence-corrected chi connectivity index (χ3v) is 3.88. The molecule has 0 aliphatic rings. The second kappa shape index (κ2) is 9.09. The molecule has 0 amide bonds. The van der Waals surface area contributed by atoms with Gasteiger partial charge >= 0.3 is 6.18 Å². The standard InChI is InChI=1S/C21H19F3N4O/c22-21(23,24)13-15-8-10-17(11-9-15)27-20(25)28-19-18(7-4-12-26-19)29-14-16-5-2-1-3-6-16/h1-12H,13-14H2,(H3,25,26,27,28). The summed E-state index contributed by atoms with van der Waals surface area (Å²) in [5.41, 5.74) is 1.63. The summed E-state index contributed by atoms with van der Waals surface area (Å²) in [4.78, 5) is 4.19. The molecule has 3 aromatic rings. The number of nitrogens with zero attached hydrogens (tertiary/aromatic N) is 1. The van der Waals surface area contributed by atoms with E-state index < -0.39 is 12.6 Å². The van der Waals surface area contributed by atoms with Gasteiger partial charge in [0.25, 0.3) is 0 Å². The minimum atomic E-state index is -4.25. The molecule has 8 heteroatoms. The van der Waals surface area contributed by atoms with Crippen LogP contribution in [0.5, 0.6) is 5.75 Å². The zero-order valence-electron chi connectivity index (χ0n) is 15.3. The number of hydrogen-bond donors (Lipinski definition) is 3. The number of benzene rings is 2. The number of nitrogens with one attached hydrogen (secondary N) is 3. The van der Waals surface area contributed by atoms with E-state index in [2.05, 4.69) is 15.6 Å². The van der Waals surface area contributed by atoms with Gasteiger partial charge in [-0.1, -0.05) is 42.5 Å². The number of pyridine rings is 1. The van der Waals surface area contributed by atoms with Crippen molar-refractivity contribution in [3.63, 3.8) is 0 Å². The Kier molecular flexibility index (Phi) is 6.33. The number of guanidine groups is 1. The first-order valence-electron chi connectivity index (χ1n) is 8.79. The molecule has 2 aromatic carbocycles. The Morgan fingerprint density at radius 2 is 1.62 bits per heavy atom. The molecule has 0 radical (unpaired) electrons. The predicted octanol–water partition coefficient (Wildman–Crippen LogP) is 5.22. The first-order valence-corrected chi connectivity index (χ1v) is 8.79. The van der Waals surface area contributed by atoms with Gasteiger partial charge < -0.3 is 15.4 Å². The maximum Gasteiger partial charge on any atom is 0.393 e. The van der Waals surface area contributed by atoms with Crippen molar-refractivity contribution in [2.24, 2.45) is 0 Å². The van der Waals surface area contributed by atoms with Crippen molar-refractivity contribution in [3.8, 4) is 5.75 Å². The molecule has 0 saturated heterocycles. The van der Waals surface area contributed by atoms with Crippen LogP contribution in [-0.2, 0) is 13.0 Å². The SMILES string of the molecule is N=C(Nc1ccc(CC(F)(F)F)cc1)Nc1ncccc1OCc1ccccc1. The third-order valence-electron chi connectivity index (χ3n) is 3.88. The van der Waals surface area contributed by atoms with E-state index in [1.54, 1.807) is 18.3 Å². The average Bonchev–Trinajstić information content (AvgIpc) is 2.68. The normalized spacial score (nSPS) is 11.0. The number of alkyl halides is 3. The number of rotatable bonds is 6. The fraction of sp³-hybridized carbons (Fsp3) is 0.143. The second-order valence-corrected chi connectivity index (χ2v) is 6.24. The van der Waals surface area contributed by atoms with Crippen LogP contribution in [0.15, 0.2) is 72.9 Å². The molecule has 1 heterocycles. The summed E-state index contributed by atoms with van der Waals surface area (Å²) in [6, 6.07) is 18.8. The van der Waals surface area contributed by atoms with Gasteiger partial charge in [0.15, 0.2) is 17.5 Å². The van der Waals surface area contributed by atoms with Gasteiger partial charge in [-0.25, -0.2) is 4.98 Å². The topological polar surface area (TPSA) is 70.0 Å². The first kappa shape index (κ1) is 20.2. The van der Waals surface area contributed by atoms with Gasteiger partial charge in [0.05, 0.1) is 6.42 Å². The van der Waals surface area contributed by atoms with Crippen molar-refractivity contribution in [1.29, 1.82) is 5.41 Å². The van der Waals surface area contributed by atoms with Gasteiger partial charge in [0.2, 0.25) is 0 Å². The van der Waals surface area contributed by atoms with Crippen LogP contribution in [0.4, 0.5) is 24.7 Å². The van der Waals surface area contributed by atoms with Crippen LogP contribution in [0.1, 0.15) is 11.1 Å². The Bertz CT molecular complexity index is 944. The van der Waals surface area contributed by atoms with Gasteiger partial charge in [-0.3, -0.25) is 5.41 Å². The van der Waals surface area contributed by atoms with E-state index in [1.165, 1.54) is 24.3 Å². The molecule has 3 N–H and O–H groups in total. The van der Waals surface area contributed by atoms with E-state index in [0.717, 1.165) is 5.56 Å². The highest BCUT2D eigenvalue weighted by molar-refractivity contribution is 6.01. The molecule has 5 nitrogen and oxygen atoms in total. The number of ether oxygens (including phenoxy) is 1. The largest absolute Gasteiger partial charge is 0.485 e. The fourth-order valence-corrected chi connectivity index (χ4v) is 2.57. The highest BCUT2D eigenvalue weighted by atomic mass is 19.4. The molecule has 0 atom stereocenters. The van der Waals surface area contributed by atoms with Crippen LogP contribution < -0.4 is 15.4 Å². The van der Waals surface area contributed by atoms with Crippen LogP contribution in [0.2, 0.25) is 0 Å². The molecule has 0 aliphatic heterocycles. The molecule has 3 rings (SSSR count). The Morgan fingerprint density at radius 1 is 0.897 bits per heavy atom. The molecule has 0 unspecified atom stereocenters. The first-order chi connectivity index (χ1) is 13.9. The van der Waals surface area contributed by atoms with Crippen LogP contribution in [0, 0.1) is 5.41 Å². The van der Waals surface area contributed by atoms with Gasteiger partial charge in [0, 0.05) is 11.9 Å². The molecule has 29 heavy (non-hydrogen) atoms. The van der Waals surface area contributed by atoms with Crippen LogP contribution in [0.25, 0.3) is 0 Å². The van der Waals surface area contributed by atoms with E-state index in [0.29, 0.717) is 23.9 Å². The molecule has 0 bridgehead atoms. The number of hydrogen-bond acceptors (Lipinski definition) is 3. The van der Waals surface area contributed by atoms with E-state index in [1.807, 2.05) is 30.3 Å². The maximum absolute atomic E-state index is 12.4. The van der Waals surface area contributed by atoms with Crippen molar-refractivity contribution in [1.82, 2.24) is 4.98 Å². The summed E-state index contributed by atoms with van der Waals surface area (Å²) in [5, 5.41) is 13.6. The van der Waals surface area contributed by atoms with Crippen molar-refractivity contribution in [3.05, 3.63) is 84.1 Å². The van der Waals surface area contributed by atoms with Crippen molar-refractivity contribution in [2.75, 3.05) is 10.6 Å². The predicted molar refractivity (Wildman–Crippen MR) is 106 cm³/mol. The maximum atomic E-state index is 12.4. The smallest absolute Gasteiger partial charge is 0.393 e. The Labute approximate surface area is 166 Å². The van der Waals surface area contributed by atoms with Crippen molar-refractivity contribution >= 4 is 17.5 Å². The van der Waals surface area contributed by atoms with Gasteiger partial charge in [-0.15, -0.1) is 0 Å². The Balaban J connectivity index is 1.59. The molecule has 0 saturated carbocycles. The highest BCUT2D eigenvalue weighted by Crippen LogP contribution is 2.24. The van der Waals surface area contributed by atoms with Crippen LogP contribution >= 0.6 is 0 Å². The average molecular weight is 400 g/mol. The second-order valence-electron chi connectivity index (χ2n) is 6.24. The van der Waals surface area contributed by atoms with Crippen molar-refractivity contribution < 1.29 is 17.9 Å². The monoisotopic (exact) mass is 400 g/mol. The number of anilines is 2. The summed E-state index contributed by atoms with van der Waals surface area (Å²) < 4.78 is 43.1. The molecule has 150 valence electrons. The van der Waals surface area contributed by atoms with Gasteiger partial charge in [-0.2, -0.15) is 13.2 Å². The van der Waals surface area contributed by atoms with Crippen LogP contribution in [0.3, 0.4) is 0 Å². The molecular formula is C21H19F3N4O.